The molecule has 2 N–H and O–H groups in total. The van der Waals surface area contributed by atoms with Crippen LogP contribution in [0.4, 0.5) is 10.1 Å². The highest BCUT2D eigenvalue weighted by Gasteiger charge is 2.20. The molecule has 1 aromatic carbocycles. The standard InChI is InChI=1S/C11H15FN2O/c12-9-3-1-4-10(7-9)14-6-2-5-11(8-14)15-13/h1,3-4,7,11H,2,5-6,8,13H2. The maximum Gasteiger partial charge on any atom is 0.125 e. The van der Waals surface area contributed by atoms with Gasteiger partial charge in [-0.1, -0.05) is 6.07 Å². The molecule has 1 aromatic rings. The quantitative estimate of drug-likeness (QED) is 0.755. The number of hydrogen-bond donors (Lipinski definition) is 1. The zero-order chi connectivity index (χ0) is 10.7. The minimum absolute atomic E-state index is 0.0574. The summed E-state index contributed by atoms with van der Waals surface area (Å²) in [4.78, 5) is 6.94. The Morgan fingerprint density at radius 2 is 2.33 bits per heavy atom. The second kappa shape index (κ2) is 4.59. The number of nitrogens with two attached hydrogens (primary N) is 1. The molecule has 4 heteroatoms. The fourth-order valence-electron chi connectivity index (χ4n) is 1.96. The molecule has 1 aliphatic heterocycles. The average Bonchev–Trinajstić information content (AvgIpc) is 2.29. The summed E-state index contributed by atoms with van der Waals surface area (Å²) in [5, 5.41) is 0. The second-order valence-corrected chi connectivity index (χ2v) is 3.83. The molecule has 0 aliphatic carbocycles. The van der Waals surface area contributed by atoms with Crippen molar-refractivity contribution in [2.24, 2.45) is 5.90 Å². The lowest BCUT2D eigenvalue weighted by atomic mass is 10.1. The van der Waals surface area contributed by atoms with Gasteiger partial charge in [0.15, 0.2) is 0 Å². The first kappa shape index (κ1) is 10.4. The molecule has 0 saturated carbocycles. The molecule has 1 saturated heterocycles. The zero-order valence-electron chi connectivity index (χ0n) is 8.53. The van der Waals surface area contributed by atoms with Crippen LogP contribution in [-0.4, -0.2) is 19.2 Å². The van der Waals surface area contributed by atoms with Crippen LogP contribution < -0.4 is 10.8 Å². The van der Waals surface area contributed by atoms with Gasteiger partial charge >= 0.3 is 0 Å². The second-order valence-electron chi connectivity index (χ2n) is 3.83. The summed E-state index contributed by atoms with van der Waals surface area (Å²) in [5.41, 5.74) is 0.900. The first-order chi connectivity index (χ1) is 7.29. The van der Waals surface area contributed by atoms with Gasteiger partial charge in [0, 0.05) is 18.8 Å². The summed E-state index contributed by atoms with van der Waals surface area (Å²) >= 11 is 0. The van der Waals surface area contributed by atoms with Gasteiger partial charge in [0.1, 0.15) is 5.82 Å². The third kappa shape index (κ3) is 2.46. The van der Waals surface area contributed by atoms with Gasteiger partial charge < -0.3 is 4.90 Å². The molecule has 1 atom stereocenters. The van der Waals surface area contributed by atoms with Crippen LogP contribution in [0.1, 0.15) is 12.8 Å². The molecule has 0 amide bonds. The first-order valence-corrected chi connectivity index (χ1v) is 5.15. The van der Waals surface area contributed by atoms with Crippen LogP contribution >= 0.6 is 0 Å². The first-order valence-electron chi connectivity index (χ1n) is 5.15. The van der Waals surface area contributed by atoms with Crippen molar-refractivity contribution in [1.82, 2.24) is 0 Å². The van der Waals surface area contributed by atoms with Crippen LogP contribution in [0.25, 0.3) is 0 Å². The Morgan fingerprint density at radius 1 is 1.47 bits per heavy atom. The Kier molecular flexibility index (Phi) is 3.18. The van der Waals surface area contributed by atoms with E-state index in [0.29, 0.717) is 0 Å². The van der Waals surface area contributed by atoms with E-state index in [2.05, 4.69) is 4.90 Å². The molecular weight excluding hydrogens is 195 g/mol. The van der Waals surface area contributed by atoms with Crippen LogP contribution in [-0.2, 0) is 4.84 Å². The van der Waals surface area contributed by atoms with Gasteiger partial charge in [-0.25, -0.2) is 10.3 Å². The van der Waals surface area contributed by atoms with Gasteiger partial charge in [0.25, 0.3) is 0 Å². The predicted octanol–water partition coefficient (Wildman–Crippen LogP) is 1.68. The van der Waals surface area contributed by atoms with Gasteiger partial charge in [-0.3, -0.25) is 4.84 Å². The molecule has 1 fully saturated rings. The number of anilines is 1. The SMILES string of the molecule is NOC1CCCN(c2cccc(F)c2)C1. The minimum Gasteiger partial charge on any atom is -0.369 e. The van der Waals surface area contributed by atoms with Gasteiger partial charge in [0.2, 0.25) is 0 Å². The van der Waals surface area contributed by atoms with E-state index in [4.69, 9.17) is 10.7 Å². The van der Waals surface area contributed by atoms with Crippen molar-refractivity contribution in [3.8, 4) is 0 Å². The van der Waals surface area contributed by atoms with Gasteiger partial charge in [-0.15, -0.1) is 0 Å². The average molecular weight is 210 g/mol. The van der Waals surface area contributed by atoms with Crippen LogP contribution in [0.3, 0.4) is 0 Å². The molecule has 0 aromatic heterocycles. The highest BCUT2D eigenvalue weighted by molar-refractivity contribution is 5.46. The molecule has 0 bridgehead atoms. The maximum atomic E-state index is 13.0. The molecule has 1 unspecified atom stereocenters. The van der Waals surface area contributed by atoms with E-state index < -0.39 is 0 Å². The van der Waals surface area contributed by atoms with E-state index in [-0.39, 0.29) is 11.9 Å². The summed E-state index contributed by atoms with van der Waals surface area (Å²) in [6.45, 7) is 1.67. The molecule has 1 heterocycles. The van der Waals surface area contributed by atoms with Gasteiger partial charge in [0.05, 0.1) is 6.10 Å². The van der Waals surface area contributed by atoms with Gasteiger partial charge in [-0.2, -0.15) is 0 Å². The van der Waals surface area contributed by atoms with Crippen molar-refractivity contribution in [3.63, 3.8) is 0 Å². The Bertz CT molecular complexity index is 332. The van der Waals surface area contributed by atoms with Crippen LogP contribution in [0.15, 0.2) is 24.3 Å². The topological polar surface area (TPSA) is 38.5 Å². The van der Waals surface area contributed by atoms with E-state index in [1.54, 1.807) is 12.1 Å². The van der Waals surface area contributed by atoms with Crippen molar-refractivity contribution < 1.29 is 9.23 Å². The van der Waals surface area contributed by atoms with E-state index in [1.165, 1.54) is 6.07 Å². The summed E-state index contributed by atoms with van der Waals surface area (Å²) in [6.07, 6.45) is 2.06. The van der Waals surface area contributed by atoms with Crippen LogP contribution in [0.5, 0.6) is 0 Å². The molecule has 0 spiro atoms. The van der Waals surface area contributed by atoms with E-state index in [9.17, 15) is 4.39 Å². The van der Waals surface area contributed by atoms with E-state index in [0.717, 1.165) is 31.6 Å². The number of halogens is 1. The molecule has 15 heavy (non-hydrogen) atoms. The summed E-state index contributed by atoms with van der Waals surface area (Å²) in [7, 11) is 0. The number of hydrogen-bond acceptors (Lipinski definition) is 3. The summed E-state index contributed by atoms with van der Waals surface area (Å²) < 4.78 is 13.0. The Morgan fingerprint density at radius 3 is 3.07 bits per heavy atom. The highest BCUT2D eigenvalue weighted by atomic mass is 19.1. The number of benzene rings is 1. The lowest BCUT2D eigenvalue weighted by molar-refractivity contribution is 0.0435. The number of nitrogens with zero attached hydrogens (tertiary/aromatic N) is 1. The lowest BCUT2D eigenvalue weighted by Crippen LogP contribution is -2.40. The molecular formula is C11H15FN2O. The molecule has 1 aliphatic rings. The van der Waals surface area contributed by atoms with Crippen molar-refractivity contribution >= 4 is 5.69 Å². The molecule has 3 nitrogen and oxygen atoms in total. The largest absolute Gasteiger partial charge is 0.369 e. The molecule has 0 radical (unpaired) electrons. The normalized spacial score (nSPS) is 21.7. The van der Waals surface area contributed by atoms with Crippen molar-refractivity contribution in [1.29, 1.82) is 0 Å². The Balaban J connectivity index is 2.09. The fourth-order valence-corrected chi connectivity index (χ4v) is 1.96. The van der Waals surface area contributed by atoms with E-state index in [1.807, 2.05) is 6.07 Å². The maximum absolute atomic E-state index is 13.0. The smallest absolute Gasteiger partial charge is 0.125 e. The predicted molar refractivity (Wildman–Crippen MR) is 56.9 cm³/mol. The third-order valence-corrected chi connectivity index (χ3v) is 2.74. The van der Waals surface area contributed by atoms with Crippen molar-refractivity contribution in [2.75, 3.05) is 18.0 Å². The monoisotopic (exact) mass is 210 g/mol. The van der Waals surface area contributed by atoms with E-state index >= 15 is 0 Å². The highest BCUT2D eigenvalue weighted by Crippen LogP contribution is 2.21. The Labute approximate surface area is 88.6 Å². The summed E-state index contributed by atoms with van der Waals surface area (Å²) in [5.74, 6) is 4.97. The molecule has 82 valence electrons. The van der Waals surface area contributed by atoms with Crippen molar-refractivity contribution in [3.05, 3.63) is 30.1 Å². The number of piperidine rings is 1. The van der Waals surface area contributed by atoms with Crippen LogP contribution in [0.2, 0.25) is 0 Å². The van der Waals surface area contributed by atoms with Crippen molar-refractivity contribution in [2.45, 2.75) is 18.9 Å². The molecule has 2 rings (SSSR count). The van der Waals surface area contributed by atoms with Crippen LogP contribution in [0, 0.1) is 5.82 Å². The Hall–Kier alpha value is -1.13. The van der Waals surface area contributed by atoms with Gasteiger partial charge in [-0.05, 0) is 31.0 Å². The lowest BCUT2D eigenvalue weighted by Gasteiger charge is -2.33. The summed E-state index contributed by atoms with van der Waals surface area (Å²) in [6, 6.07) is 6.61. The minimum atomic E-state index is -0.205. The zero-order valence-corrected chi connectivity index (χ0v) is 8.53. The fraction of sp³-hybridized carbons (Fsp3) is 0.455. The third-order valence-electron chi connectivity index (χ3n) is 2.74. The number of rotatable bonds is 2.